The molecule has 0 fully saturated rings. The predicted octanol–water partition coefficient (Wildman–Crippen LogP) is 4.88. The Hall–Kier alpha value is -4.23. The molecule has 35 heavy (non-hydrogen) atoms. The van der Waals surface area contributed by atoms with Crippen LogP contribution in [0.4, 0.5) is 11.4 Å². The molecule has 0 saturated heterocycles. The maximum absolute atomic E-state index is 13.0. The third kappa shape index (κ3) is 5.15. The standard InChI is InChI=1S/C27H22ClN3O4/c1-16-8-9-20(25(33)29-21-12-10-19(11-13-21)17(2)32)14-22(16)30-24-23(28)26(34)31(27(24)35)15-18-6-4-3-5-7-18/h3-14,30H,15H2,1-2H3,(H,29,33). The van der Waals surface area contributed by atoms with Crippen LogP contribution >= 0.6 is 11.6 Å². The van der Waals surface area contributed by atoms with Crippen molar-refractivity contribution in [2.75, 3.05) is 10.6 Å². The lowest BCUT2D eigenvalue weighted by Gasteiger charge is -2.16. The van der Waals surface area contributed by atoms with Gasteiger partial charge in [-0.3, -0.25) is 24.1 Å². The summed E-state index contributed by atoms with van der Waals surface area (Å²) in [7, 11) is 0. The zero-order valence-corrected chi connectivity index (χ0v) is 19.8. The summed E-state index contributed by atoms with van der Waals surface area (Å²) < 4.78 is 0. The number of imide groups is 1. The van der Waals surface area contributed by atoms with E-state index >= 15 is 0 Å². The fourth-order valence-electron chi connectivity index (χ4n) is 3.59. The van der Waals surface area contributed by atoms with Gasteiger partial charge in [0.25, 0.3) is 17.7 Å². The normalized spacial score (nSPS) is 13.3. The molecule has 3 aromatic carbocycles. The summed E-state index contributed by atoms with van der Waals surface area (Å²) in [6, 6.07) is 20.7. The van der Waals surface area contributed by atoms with Crippen molar-refractivity contribution in [1.29, 1.82) is 0 Å². The van der Waals surface area contributed by atoms with Gasteiger partial charge in [-0.25, -0.2) is 0 Å². The van der Waals surface area contributed by atoms with Crippen LogP contribution in [-0.2, 0) is 16.1 Å². The van der Waals surface area contributed by atoms with E-state index in [1.54, 1.807) is 42.5 Å². The van der Waals surface area contributed by atoms with Gasteiger partial charge in [-0.1, -0.05) is 48.0 Å². The molecule has 1 heterocycles. The lowest BCUT2D eigenvalue weighted by Crippen LogP contribution is -2.31. The Bertz CT molecular complexity index is 1360. The van der Waals surface area contributed by atoms with Crippen LogP contribution in [0.3, 0.4) is 0 Å². The first-order chi connectivity index (χ1) is 16.7. The van der Waals surface area contributed by atoms with Gasteiger partial charge >= 0.3 is 0 Å². The van der Waals surface area contributed by atoms with E-state index in [1.165, 1.54) is 6.92 Å². The average molecular weight is 488 g/mol. The maximum Gasteiger partial charge on any atom is 0.279 e. The molecule has 0 atom stereocenters. The highest BCUT2D eigenvalue weighted by Gasteiger charge is 2.38. The van der Waals surface area contributed by atoms with Crippen LogP contribution in [0.1, 0.15) is 38.8 Å². The minimum Gasteiger partial charge on any atom is -0.349 e. The van der Waals surface area contributed by atoms with Crippen molar-refractivity contribution in [2.24, 2.45) is 0 Å². The van der Waals surface area contributed by atoms with Gasteiger partial charge in [-0.05, 0) is 61.4 Å². The summed E-state index contributed by atoms with van der Waals surface area (Å²) in [5.41, 5.74) is 3.41. The summed E-state index contributed by atoms with van der Waals surface area (Å²) in [5, 5.41) is 5.53. The number of carbonyl (C=O) groups is 4. The zero-order valence-electron chi connectivity index (χ0n) is 19.1. The van der Waals surface area contributed by atoms with Crippen LogP contribution in [0.15, 0.2) is 83.5 Å². The molecule has 0 saturated carbocycles. The summed E-state index contributed by atoms with van der Waals surface area (Å²) in [4.78, 5) is 50.9. The molecule has 2 N–H and O–H groups in total. The third-order valence-electron chi connectivity index (χ3n) is 5.60. The number of benzene rings is 3. The SMILES string of the molecule is CC(=O)c1ccc(NC(=O)c2ccc(C)c(NC3=C(Cl)C(=O)N(Cc4ccccc4)C3=O)c2)cc1. The maximum atomic E-state index is 13.0. The predicted molar refractivity (Wildman–Crippen MR) is 134 cm³/mol. The zero-order chi connectivity index (χ0) is 25.1. The smallest absolute Gasteiger partial charge is 0.279 e. The van der Waals surface area contributed by atoms with E-state index in [9.17, 15) is 19.2 Å². The topological polar surface area (TPSA) is 95.6 Å². The van der Waals surface area contributed by atoms with Gasteiger partial charge in [0.1, 0.15) is 10.7 Å². The van der Waals surface area contributed by atoms with Crippen LogP contribution in [0.5, 0.6) is 0 Å². The van der Waals surface area contributed by atoms with E-state index in [4.69, 9.17) is 11.6 Å². The first-order valence-electron chi connectivity index (χ1n) is 10.8. The Morgan fingerprint density at radius 1 is 0.886 bits per heavy atom. The van der Waals surface area contributed by atoms with Crippen LogP contribution < -0.4 is 10.6 Å². The number of Topliss-reactive ketones (excluding diaryl/α,β-unsaturated/α-hetero) is 1. The van der Waals surface area contributed by atoms with Crippen LogP contribution in [0.2, 0.25) is 0 Å². The number of nitrogens with zero attached hydrogens (tertiary/aromatic N) is 1. The molecule has 176 valence electrons. The lowest BCUT2D eigenvalue weighted by molar-refractivity contribution is -0.138. The molecule has 0 bridgehead atoms. The largest absolute Gasteiger partial charge is 0.349 e. The Morgan fingerprint density at radius 3 is 2.20 bits per heavy atom. The van der Waals surface area contributed by atoms with Crippen molar-refractivity contribution in [3.63, 3.8) is 0 Å². The highest BCUT2D eigenvalue weighted by atomic mass is 35.5. The molecule has 4 rings (SSSR count). The average Bonchev–Trinajstić information content (AvgIpc) is 3.04. The fraction of sp³-hybridized carbons (Fsp3) is 0.111. The summed E-state index contributed by atoms with van der Waals surface area (Å²) in [5.74, 6) is -1.55. The van der Waals surface area contributed by atoms with E-state index in [2.05, 4.69) is 10.6 Å². The van der Waals surface area contributed by atoms with E-state index < -0.39 is 11.8 Å². The molecule has 3 amide bonds. The minimum absolute atomic E-state index is 0.0342. The molecule has 8 heteroatoms. The van der Waals surface area contributed by atoms with Crippen molar-refractivity contribution in [2.45, 2.75) is 20.4 Å². The van der Waals surface area contributed by atoms with Gasteiger partial charge in [0.2, 0.25) is 0 Å². The van der Waals surface area contributed by atoms with Crippen LogP contribution in [0, 0.1) is 6.92 Å². The quantitative estimate of drug-likeness (QED) is 0.366. The third-order valence-corrected chi connectivity index (χ3v) is 5.95. The highest BCUT2D eigenvalue weighted by Crippen LogP contribution is 2.29. The lowest BCUT2D eigenvalue weighted by atomic mass is 10.1. The molecule has 7 nitrogen and oxygen atoms in total. The van der Waals surface area contributed by atoms with E-state index in [-0.39, 0.29) is 29.0 Å². The second-order valence-corrected chi connectivity index (χ2v) is 8.49. The summed E-state index contributed by atoms with van der Waals surface area (Å²) >= 11 is 6.23. The number of carbonyl (C=O) groups excluding carboxylic acids is 4. The fourth-order valence-corrected chi connectivity index (χ4v) is 3.82. The number of amides is 3. The molecule has 0 radical (unpaired) electrons. The van der Waals surface area contributed by atoms with Crippen molar-refractivity contribution in [3.05, 3.63) is 106 Å². The number of nitrogens with one attached hydrogen (secondary N) is 2. The second kappa shape index (κ2) is 9.95. The van der Waals surface area contributed by atoms with Crippen molar-refractivity contribution < 1.29 is 19.2 Å². The van der Waals surface area contributed by atoms with E-state index in [0.29, 0.717) is 22.5 Å². The Morgan fingerprint density at radius 2 is 1.54 bits per heavy atom. The molecule has 0 unspecified atom stereocenters. The number of hydrogen-bond donors (Lipinski definition) is 2. The Kier molecular flexibility index (Phi) is 6.80. The van der Waals surface area contributed by atoms with Crippen molar-refractivity contribution in [1.82, 2.24) is 4.90 Å². The van der Waals surface area contributed by atoms with Gasteiger partial charge < -0.3 is 10.6 Å². The monoisotopic (exact) mass is 487 g/mol. The first-order valence-corrected chi connectivity index (χ1v) is 11.2. The summed E-state index contributed by atoms with van der Waals surface area (Å²) in [6.45, 7) is 3.38. The molecule has 3 aromatic rings. The van der Waals surface area contributed by atoms with Gasteiger partial charge in [-0.15, -0.1) is 0 Å². The second-order valence-electron chi connectivity index (χ2n) is 8.11. The van der Waals surface area contributed by atoms with Crippen molar-refractivity contribution >= 4 is 46.5 Å². The number of anilines is 2. The number of ketones is 1. The highest BCUT2D eigenvalue weighted by molar-refractivity contribution is 6.48. The van der Waals surface area contributed by atoms with E-state index in [1.807, 2.05) is 37.3 Å². The number of rotatable bonds is 7. The molecule has 0 aromatic heterocycles. The Balaban J connectivity index is 1.51. The number of hydrogen-bond acceptors (Lipinski definition) is 5. The molecular formula is C27H22ClN3O4. The van der Waals surface area contributed by atoms with Gasteiger partial charge in [0.15, 0.2) is 5.78 Å². The first kappa shape index (κ1) is 23.9. The van der Waals surface area contributed by atoms with Gasteiger partial charge in [0.05, 0.1) is 6.54 Å². The van der Waals surface area contributed by atoms with Crippen LogP contribution in [-0.4, -0.2) is 28.4 Å². The van der Waals surface area contributed by atoms with Gasteiger partial charge in [0, 0.05) is 22.5 Å². The molecule has 0 spiro atoms. The molecule has 1 aliphatic rings. The minimum atomic E-state index is -0.580. The number of aryl methyl sites for hydroxylation is 1. The Labute approximate surface area is 207 Å². The summed E-state index contributed by atoms with van der Waals surface area (Å²) in [6.07, 6.45) is 0. The molecule has 1 aliphatic heterocycles. The molecule has 0 aliphatic carbocycles. The van der Waals surface area contributed by atoms with E-state index in [0.717, 1.165) is 16.0 Å². The van der Waals surface area contributed by atoms with Gasteiger partial charge in [-0.2, -0.15) is 0 Å². The van der Waals surface area contributed by atoms with Crippen LogP contribution in [0.25, 0.3) is 0 Å². The van der Waals surface area contributed by atoms with Crippen molar-refractivity contribution in [3.8, 4) is 0 Å². The number of halogens is 1. The molecular weight excluding hydrogens is 466 g/mol.